The van der Waals surface area contributed by atoms with Crippen molar-refractivity contribution in [2.24, 2.45) is 0 Å². The van der Waals surface area contributed by atoms with Crippen LogP contribution in [0.5, 0.6) is 0 Å². The van der Waals surface area contributed by atoms with Gasteiger partial charge in [-0.2, -0.15) is 5.10 Å². The number of anilines is 1. The van der Waals surface area contributed by atoms with Gasteiger partial charge in [0, 0.05) is 6.54 Å². The average Bonchev–Trinajstić information content (AvgIpc) is 2.18. The smallest absolute Gasteiger partial charge is 0.242 e. The highest BCUT2D eigenvalue weighted by atomic mass is 15.2. The highest BCUT2D eigenvalue weighted by Gasteiger charge is 2.00. The van der Waals surface area contributed by atoms with E-state index in [1.165, 1.54) is 0 Å². The Labute approximate surface area is 90.9 Å². The summed E-state index contributed by atoms with van der Waals surface area (Å²) in [7, 11) is 4.13. The lowest BCUT2D eigenvalue weighted by Crippen LogP contribution is -2.17. The molecule has 0 saturated heterocycles. The first kappa shape index (κ1) is 11.8. The van der Waals surface area contributed by atoms with Crippen molar-refractivity contribution in [3.63, 3.8) is 0 Å². The molecule has 0 atom stereocenters. The van der Waals surface area contributed by atoms with Crippen LogP contribution in [0, 0.1) is 13.8 Å². The Kier molecular flexibility index (Phi) is 4.42. The summed E-state index contributed by atoms with van der Waals surface area (Å²) in [4.78, 5) is 6.45. The van der Waals surface area contributed by atoms with Crippen molar-refractivity contribution in [3.8, 4) is 0 Å². The van der Waals surface area contributed by atoms with Gasteiger partial charge < -0.3 is 10.2 Å². The highest BCUT2D eigenvalue weighted by Crippen LogP contribution is 2.01. The maximum absolute atomic E-state index is 4.29. The number of nitrogens with one attached hydrogen (secondary N) is 1. The number of hydrogen-bond donors (Lipinski definition) is 1. The van der Waals surface area contributed by atoms with Crippen molar-refractivity contribution in [1.29, 1.82) is 0 Å². The Morgan fingerprint density at radius 1 is 1.13 bits per heavy atom. The van der Waals surface area contributed by atoms with E-state index in [1.54, 1.807) is 0 Å². The summed E-state index contributed by atoms with van der Waals surface area (Å²) in [6, 6.07) is 0. The number of aromatic nitrogens is 3. The molecular weight excluding hydrogens is 190 g/mol. The van der Waals surface area contributed by atoms with Crippen LogP contribution in [0.2, 0.25) is 0 Å². The molecule has 0 aliphatic heterocycles. The van der Waals surface area contributed by atoms with E-state index in [4.69, 9.17) is 0 Å². The highest BCUT2D eigenvalue weighted by molar-refractivity contribution is 5.24. The Bertz CT molecular complexity index is 311. The fourth-order valence-electron chi connectivity index (χ4n) is 1.13. The van der Waals surface area contributed by atoms with Crippen LogP contribution >= 0.6 is 0 Å². The van der Waals surface area contributed by atoms with Gasteiger partial charge in [0.15, 0.2) is 0 Å². The number of rotatable bonds is 5. The van der Waals surface area contributed by atoms with Gasteiger partial charge in [0.05, 0.1) is 11.4 Å². The predicted octanol–water partition coefficient (Wildman–Crippen LogP) is 0.852. The van der Waals surface area contributed by atoms with Crippen LogP contribution in [-0.4, -0.2) is 47.3 Å². The standard InChI is InChI=1S/C10H19N5/c1-8-9(2)13-14-10(12-8)11-6-5-7-15(3)4/h5-7H2,1-4H3,(H,11,12,14). The molecule has 0 aromatic carbocycles. The normalized spacial score (nSPS) is 10.7. The minimum absolute atomic E-state index is 0.622. The summed E-state index contributed by atoms with van der Waals surface area (Å²) >= 11 is 0. The van der Waals surface area contributed by atoms with E-state index >= 15 is 0 Å². The van der Waals surface area contributed by atoms with Crippen LogP contribution in [-0.2, 0) is 0 Å². The third-order valence-electron chi connectivity index (χ3n) is 2.16. The third-order valence-corrected chi connectivity index (χ3v) is 2.16. The fraction of sp³-hybridized carbons (Fsp3) is 0.700. The van der Waals surface area contributed by atoms with E-state index in [9.17, 15) is 0 Å². The van der Waals surface area contributed by atoms with Gasteiger partial charge >= 0.3 is 0 Å². The summed E-state index contributed by atoms with van der Waals surface area (Å²) in [5.74, 6) is 0.622. The van der Waals surface area contributed by atoms with Gasteiger partial charge in [-0.3, -0.25) is 0 Å². The van der Waals surface area contributed by atoms with Crippen molar-refractivity contribution in [2.45, 2.75) is 20.3 Å². The molecule has 0 aliphatic carbocycles. The Balaban J connectivity index is 2.35. The molecule has 1 heterocycles. The Hall–Kier alpha value is -1.23. The SMILES string of the molecule is Cc1nnc(NCCCN(C)C)nc1C. The van der Waals surface area contributed by atoms with Crippen molar-refractivity contribution >= 4 is 5.95 Å². The summed E-state index contributed by atoms with van der Waals surface area (Å²) in [5, 5.41) is 11.1. The molecule has 84 valence electrons. The molecule has 0 fully saturated rings. The summed E-state index contributed by atoms with van der Waals surface area (Å²) < 4.78 is 0. The van der Waals surface area contributed by atoms with Crippen molar-refractivity contribution in [1.82, 2.24) is 20.1 Å². The van der Waals surface area contributed by atoms with Crippen molar-refractivity contribution in [2.75, 3.05) is 32.5 Å². The molecule has 0 radical (unpaired) electrons. The minimum atomic E-state index is 0.622. The molecule has 0 aliphatic rings. The third kappa shape index (κ3) is 4.20. The van der Waals surface area contributed by atoms with Crippen LogP contribution in [0.3, 0.4) is 0 Å². The van der Waals surface area contributed by atoms with Crippen LogP contribution < -0.4 is 5.32 Å². The average molecular weight is 209 g/mol. The largest absolute Gasteiger partial charge is 0.353 e. The number of hydrogen-bond acceptors (Lipinski definition) is 5. The molecule has 1 N–H and O–H groups in total. The lowest BCUT2D eigenvalue weighted by Gasteiger charge is -2.09. The van der Waals surface area contributed by atoms with Gasteiger partial charge in [-0.15, -0.1) is 5.10 Å². The van der Waals surface area contributed by atoms with E-state index in [1.807, 2.05) is 13.8 Å². The fourth-order valence-corrected chi connectivity index (χ4v) is 1.13. The first-order valence-electron chi connectivity index (χ1n) is 5.16. The summed E-state index contributed by atoms with van der Waals surface area (Å²) in [5.41, 5.74) is 1.81. The molecule has 5 nitrogen and oxygen atoms in total. The predicted molar refractivity (Wildman–Crippen MR) is 61.0 cm³/mol. The molecule has 0 unspecified atom stereocenters. The molecule has 0 bridgehead atoms. The van der Waals surface area contributed by atoms with E-state index < -0.39 is 0 Å². The molecular formula is C10H19N5. The van der Waals surface area contributed by atoms with E-state index in [0.29, 0.717) is 5.95 Å². The topological polar surface area (TPSA) is 53.9 Å². The van der Waals surface area contributed by atoms with E-state index in [2.05, 4.69) is 39.5 Å². The van der Waals surface area contributed by atoms with Crippen LogP contribution in [0.15, 0.2) is 0 Å². The van der Waals surface area contributed by atoms with Crippen molar-refractivity contribution < 1.29 is 0 Å². The molecule has 1 rings (SSSR count). The zero-order valence-electron chi connectivity index (χ0n) is 9.91. The monoisotopic (exact) mass is 209 g/mol. The lowest BCUT2D eigenvalue weighted by molar-refractivity contribution is 0.405. The molecule has 15 heavy (non-hydrogen) atoms. The molecule has 0 amide bonds. The van der Waals surface area contributed by atoms with Gasteiger partial charge in [0.2, 0.25) is 5.95 Å². The van der Waals surface area contributed by atoms with Gasteiger partial charge in [-0.25, -0.2) is 4.98 Å². The van der Waals surface area contributed by atoms with Gasteiger partial charge in [0.1, 0.15) is 0 Å². The van der Waals surface area contributed by atoms with E-state index in [0.717, 1.165) is 30.9 Å². The zero-order chi connectivity index (χ0) is 11.3. The van der Waals surface area contributed by atoms with Crippen molar-refractivity contribution in [3.05, 3.63) is 11.4 Å². The Morgan fingerprint density at radius 2 is 1.87 bits per heavy atom. The maximum atomic E-state index is 4.29. The molecule has 1 aromatic rings. The number of nitrogens with zero attached hydrogens (tertiary/aromatic N) is 4. The zero-order valence-corrected chi connectivity index (χ0v) is 9.91. The summed E-state index contributed by atoms with van der Waals surface area (Å²) in [6.07, 6.45) is 1.07. The first-order chi connectivity index (χ1) is 7.09. The van der Waals surface area contributed by atoms with Gasteiger partial charge in [-0.05, 0) is 40.9 Å². The second kappa shape index (κ2) is 5.60. The first-order valence-corrected chi connectivity index (χ1v) is 5.16. The lowest BCUT2D eigenvalue weighted by atomic mass is 10.4. The van der Waals surface area contributed by atoms with Crippen LogP contribution in [0.25, 0.3) is 0 Å². The molecule has 0 saturated carbocycles. The maximum Gasteiger partial charge on any atom is 0.242 e. The molecule has 1 aromatic heterocycles. The number of aryl methyl sites for hydroxylation is 2. The Morgan fingerprint density at radius 3 is 2.47 bits per heavy atom. The minimum Gasteiger partial charge on any atom is -0.353 e. The molecule has 5 heteroatoms. The van der Waals surface area contributed by atoms with Gasteiger partial charge in [-0.1, -0.05) is 0 Å². The van der Waals surface area contributed by atoms with Crippen LogP contribution in [0.4, 0.5) is 5.95 Å². The summed E-state index contributed by atoms with van der Waals surface area (Å²) in [6.45, 7) is 5.79. The van der Waals surface area contributed by atoms with E-state index in [-0.39, 0.29) is 0 Å². The molecule has 0 spiro atoms. The second-order valence-corrected chi connectivity index (χ2v) is 3.89. The second-order valence-electron chi connectivity index (χ2n) is 3.89. The van der Waals surface area contributed by atoms with Gasteiger partial charge in [0.25, 0.3) is 0 Å². The van der Waals surface area contributed by atoms with Crippen LogP contribution in [0.1, 0.15) is 17.8 Å². The quantitative estimate of drug-likeness (QED) is 0.729.